The lowest BCUT2D eigenvalue weighted by Gasteiger charge is -2.14. The van der Waals surface area contributed by atoms with Gasteiger partial charge in [0.15, 0.2) is 12.3 Å². The van der Waals surface area contributed by atoms with E-state index in [1.165, 1.54) is 13.8 Å². The van der Waals surface area contributed by atoms with Crippen molar-refractivity contribution in [3.05, 3.63) is 52.6 Å². The molecule has 0 atom stereocenters. The Balaban J connectivity index is 1.74. The number of benzene rings is 1. The number of carbonyl (C=O) groups excluding carboxylic acids is 1. The van der Waals surface area contributed by atoms with E-state index >= 15 is 0 Å². The maximum Gasteiger partial charge on any atom is 0.433 e. The highest BCUT2D eigenvalue weighted by molar-refractivity contribution is 6.30. The molecule has 0 aliphatic rings. The van der Waals surface area contributed by atoms with Crippen molar-refractivity contribution in [2.45, 2.75) is 32.7 Å². The molecule has 0 spiro atoms. The van der Waals surface area contributed by atoms with Crippen LogP contribution >= 0.6 is 11.6 Å². The summed E-state index contributed by atoms with van der Waals surface area (Å²) in [4.78, 5) is 12.2. The minimum atomic E-state index is -4.76. The maximum atomic E-state index is 13.3. The Kier molecular flexibility index (Phi) is 5.41. The van der Waals surface area contributed by atoms with Gasteiger partial charge in [0.1, 0.15) is 5.56 Å². The Bertz CT molecular complexity index is 980. The van der Waals surface area contributed by atoms with Gasteiger partial charge in [0, 0.05) is 16.6 Å². The number of nitrogens with zero attached hydrogens (tertiary/aromatic N) is 4. The number of hydrogen-bond donors (Lipinski definition) is 0. The van der Waals surface area contributed by atoms with Gasteiger partial charge in [-0.1, -0.05) is 11.6 Å². The van der Waals surface area contributed by atoms with Crippen molar-refractivity contribution in [3.8, 4) is 11.5 Å². The first-order valence-electron chi connectivity index (χ1n) is 8.07. The quantitative estimate of drug-likeness (QED) is 0.570. The number of alkyl halides is 3. The van der Waals surface area contributed by atoms with Crippen LogP contribution in [0.4, 0.5) is 13.2 Å². The fraction of sp³-hybridized carbons (Fsp3) is 0.294. The predicted molar refractivity (Wildman–Crippen MR) is 91.5 cm³/mol. The van der Waals surface area contributed by atoms with Crippen molar-refractivity contribution >= 4 is 17.6 Å². The standard InChI is InChI=1S/C17H14ClF3N4O3/c1-9(2)25-14(17(19,20)21)12(7-22-25)16(26)27-8-13-23-24-15(28-13)10-3-5-11(18)6-4-10/h3-7,9H,8H2,1-2H3. The smallest absolute Gasteiger partial charge is 0.433 e. The summed E-state index contributed by atoms with van der Waals surface area (Å²) >= 11 is 5.80. The molecular weight excluding hydrogens is 401 g/mol. The molecule has 0 amide bonds. The predicted octanol–water partition coefficient (Wildman–Crippen LogP) is 4.54. The van der Waals surface area contributed by atoms with Crippen LogP contribution in [0.15, 0.2) is 34.9 Å². The van der Waals surface area contributed by atoms with E-state index in [0.717, 1.165) is 10.9 Å². The average Bonchev–Trinajstić information content (AvgIpc) is 3.27. The Morgan fingerprint density at radius 3 is 2.54 bits per heavy atom. The van der Waals surface area contributed by atoms with E-state index in [-0.39, 0.29) is 11.8 Å². The molecule has 0 saturated carbocycles. The van der Waals surface area contributed by atoms with Crippen LogP contribution in [0, 0.1) is 0 Å². The van der Waals surface area contributed by atoms with E-state index in [1.807, 2.05) is 0 Å². The number of aromatic nitrogens is 4. The molecule has 0 aliphatic heterocycles. The highest BCUT2D eigenvalue weighted by Gasteiger charge is 2.41. The first-order valence-corrected chi connectivity index (χ1v) is 8.44. The Labute approximate surface area is 162 Å². The number of rotatable bonds is 5. The van der Waals surface area contributed by atoms with Crippen LogP contribution in [0.2, 0.25) is 5.02 Å². The summed E-state index contributed by atoms with van der Waals surface area (Å²) in [6, 6.07) is 5.98. The van der Waals surface area contributed by atoms with Gasteiger partial charge in [-0.25, -0.2) is 4.79 Å². The van der Waals surface area contributed by atoms with Crippen molar-refractivity contribution in [1.82, 2.24) is 20.0 Å². The summed E-state index contributed by atoms with van der Waals surface area (Å²) in [6.07, 6.45) is -3.93. The third-order valence-corrected chi connectivity index (χ3v) is 3.91. The molecule has 11 heteroatoms. The van der Waals surface area contributed by atoms with Crippen molar-refractivity contribution < 1.29 is 27.1 Å². The van der Waals surface area contributed by atoms with Crippen LogP contribution in [-0.4, -0.2) is 25.9 Å². The highest BCUT2D eigenvalue weighted by atomic mass is 35.5. The van der Waals surface area contributed by atoms with Gasteiger partial charge in [0.2, 0.25) is 5.89 Å². The van der Waals surface area contributed by atoms with E-state index < -0.39 is 36.1 Å². The van der Waals surface area contributed by atoms with E-state index in [4.69, 9.17) is 20.8 Å². The zero-order valence-electron chi connectivity index (χ0n) is 14.7. The topological polar surface area (TPSA) is 83.0 Å². The van der Waals surface area contributed by atoms with E-state index in [9.17, 15) is 18.0 Å². The molecule has 148 valence electrons. The number of carbonyl (C=O) groups is 1. The summed E-state index contributed by atoms with van der Waals surface area (Å²) in [5, 5.41) is 11.7. The minimum absolute atomic E-state index is 0.0666. The van der Waals surface area contributed by atoms with E-state index in [0.29, 0.717) is 10.6 Å². The largest absolute Gasteiger partial charge is 0.452 e. The third kappa shape index (κ3) is 4.16. The van der Waals surface area contributed by atoms with Crippen LogP contribution in [0.5, 0.6) is 0 Å². The summed E-state index contributed by atoms with van der Waals surface area (Å²) < 4.78 is 51.0. The Morgan fingerprint density at radius 2 is 1.93 bits per heavy atom. The van der Waals surface area contributed by atoms with Crippen molar-refractivity contribution in [2.24, 2.45) is 0 Å². The molecule has 0 saturated heterocycles. The zero-order chi connectivity index (χ0) is 20.5. The average molecular weight is 415 g/mol. The highest BCUT2D eigenvalue weighted by Crippen LogP contribution is 2.34. The molecule has 0 unspecified atom stereocenters. The fourth-order valence-electron chi connectivity index (χ4n) is 2.41. The van der Waals surface area contributed by atoms with Crippen LogP contribution in [0.25, 0.3) is 11.5 Å². The number of ether oxygens (including phenoxy) is 1. The second-order valence-corrected chi connectivity index (χ2v) is 6.46. The monoisotopic (exact) mass is 414 g/mol. The van der Waals surface area contributed by atoms with Gasteiger partial charge in [-0.15, -0.1) is 10.2 Å². The molecule has 1 aromatic carbocycles. The van der Waals surface area contributed by atoms with Gasteiger partial charge in [0.25, 0.3) is 5.89 Å². The molecular formula is C17H14ClF3N4O3. The van der Waals surface area contributed by atoms with Gasteiger partial charge in [-0.2, -0.15) is 18.3 Å². The van der Waals surface area contributed by atoms with Gasteiger partial charge < -0.3 is 9.15 Å². The third-order valence-electron chi connectivity index (χ3n) is 3.66. The normalized spacial score (nSPS) is 11.8. The molecule has 7 nitrogen and oxygen atoms in total. The van der Waals surface area contributed by atoms with Crippen LogP contribution < -0.4 is 0 Å². The molecule has 2 aromatic heterocycles. The summed E-state index contributed by atoms with van der Waals surface area (Å²) in [5.41, 5.74) is -1.26. The lowest BCUT2D eigenvalue weighted by Crippen LogP contribution is -2.20. The molecule has 0 aliphatic carbocycles. The van der Waals surface area contributed by atoms with Gasteiger partial charge >= 0.3 is 12.1 Å². The lowest BCUT2D eigenvalue weighted by atomic mass is 10.2. The second-order valence-electron chi connectivity index (χ2n) is 6.03. The fourth-order valence-corrected chi connectivity index (χ4v) is 2.54. The van der Waals surface area contributed by atoms with Crippen molar-refractivity contribution in [2.75, 3.05) is 0 Å². The molecule has 0 radical (unpaired) electrons. The molecule has 3 aromatic rings. The Hall–Kier alpha value is -2.88. The summed E-state index contributed by atoms with van der Waals surface area (Å²) in [5.74, 6) is -1.10. The first-order chi connectivity index (χ1) is 13.2. The van der Waals surface area contributed by atoms with Crippen molar-refractivity contribution in [1.29, 1.82) is 0 Å². The van der Waals surface area contributed by atoms with Crippen LogP contribution in [0.1, 0.15) is 41.8 Å². The van der Waals surface area contributed by atoms with Crippen LogP contribution in [0.3, 0.4) is 0 Å². The summed E-state index contributed by atoms with van der Waals surface area (Å²) in [6.45, 7) is 2.56. The number of hydrogen-bond acceptors (Lipinski definition) is 6. The lowest BCUT2D eigenvalue weighted by molar-refractivity contribution is -0.145. The molecule has 0 N–H and O–H groups in total. The number of halogens is 4. The molecule has 28 heavy (non-hydrogen) atoms. The van der Waals surface area contributed by atoms with Gasteiger partial charge in [-0.05, 0) is 38.1 Å². The zero-order valence-corrected chi connectivity index (χ0v) is 15.5. The maximum absolute atomic E-state index is 13.3. The second kappa shape index (κ2) is 7.63. The molecule has 0 bridgehead atoms. The molecule has 3 rings (SSSR count). The first kappa shape index (κ1) is 19.9. The van der Waals surface area contributed by atoms with E-state index in [2.05, 4.69) is 15.3 Å². The van der Waals surface area contributed by atoms with E-state index in [1.54, 1.807) is 24.3 Å². The van der Waals surface area contributed by atoms with Gasteiger partial charge in [-0.3, -0.25) is 4.68 Å². The minimum Gasteiger partial charge on any atom is -0.452 e. The molecule has 2 heterocycles. The SMILES string of the molecule is CC(C)n1ncc(C(=O)OCc2nnc(-c3ccc(Cl)cc3)o2)c1C(F)(F)F. The number of esters is 1. The Morgan fingerprint density at radius 1 is 1.25 bits per heavy atom. The van der Waals surface area contributed by atoms with Gasteiger partial charge in [0.05, 0.1) is 6.20 Å². The molecule has 0 fully saturated rings. The van der Waals surface area contributed by atoms with Crippen molar-refractivity contribution in [3.63, 3.8) is 0 Å². The summed E-state index contributed by atoms with van der Waals surface area (Å²) in [7, 11) is 0. The van der Waals surface area contributed by atoms with Crippen LogP contribution in [-0.2, 0) is 17.5 Å².